The Kier molecular flexibility index (Phi) is 6.54. The smallest absolute Gasteiger partial charge is 0.319 e. The van der Waals surface area contributed by atoms with E-state index in [9.17, 15) is 4.79 Å². The number of thioether (sulfide) groups is 1. The van der Waals surface area contributed by atoms with Crippen LogP contribution in [0.1, 0.15) is 26.0 Å². The molecule has 24 heavy (non-hydrogen) atoms. The predicted molar refractivity (Wildman–Crippen MR) is 97.7 cm³/mol. The number of amides is 2. The van der Waals surface area contributed by atoms with Crippen molar-refractivity contribution in [3.63, 3.8) is 0 Å². The van der Waals surface area contributed by atoms with E-state index in [1.807, 2.05) is 49.1 Å². The van der Waals surface area contributed by atoms with Crippen LogP contribution in [0.2, 0.25) is 0 Å². The fourth-order valence-electron chi connectivity index (χ4n) is 2.09. The summed E-state index contributed by atoms with van der Waals surface area (Å²) in [5, 5.41) is 6.60. The van der Waals surface area contributed by atoms with Crippen LogP contribution >= 0.6 is 11.8 Å². The van der Waals surface area contributed by atoms with Gasteiger partial charge in [0.1, 0.15) is 5.75 Å². The van der Waals surface area contributed by atoms with E-state index in [0.29, 0.717) is 18.0 Å². The molecule has 2 rings (SSSR count). The van der Waals surface area contributed by atoms with Crippen LogP contribution in [0.25, 0.3) is 0 Å². The molecule has 1 aromatic heterocycles. The summed E-state index contributed by atoms with van der Waals surface area (Å²) in [5.74, 6) is 0.673. The second-order valence-electron chi connectivity index (χ2n) is 5.44. The average Bonchev–Trinajstić information content (AvgIpc) is 2.94. The van der Waals surface area contributed by atoms with Crippen LogP contribution in [0.5, 0.6) is 5.75 Å². The molecule has 0 fully saturated rings. The van der Waals surface area contributed by atoms with Crippen molar-refractivity contribution in [1.29, 1.82) is 0 Å². The highest BCUT2D eigenvalue weighted by Gasteiger charge is 2.11. The van der Waals surface area contributed by atoms with Crippen LogP contribution in [0, 0.1) is 0 Å². The summed E-state index contributed by atoms with van der Waals surface area (Å²) in [5.41, 5.74) is 1.60. The summed E-state index contributed by atoms with van der Waals surface area (Å²) >= 11 is 1.57. The van der Waals surface area contributed by atoms with E-state index in [-0.39, 0.29) is 12.1 Å². The number of carbonyl (C=O) groups excluding carboxylic acids is 1. The monoisotopic (exact) mass is 348 g/mol. The van der Waals surface area contributed by atoms with Gasteiger partial charge in [-0.2, -0.15) is 0 Å². The number of nitrogens with zero attached hydrogens (tertiary/aromatic N) is 2. The number of para-hydroxylation sites is 2. The Balaban J connectivity index is 1.96. The lowest BCUT2D eigenvalue weighted by molar-refractivity contribution is 0.218. The minimum Gasteiger partial charge on any atom is -0.489 e. The van der Waals surface area contributed by atoms with Crippen LogP contribution in [-0.2, 0) is 13.6 Å². The van der Waals surface area contributed by atoms with Crippen molar-refractivity contribution in [2.24, 2.45) is 7.05 Å². The van der Waals surface area contributed by atoms with Crippen molar-refractivity contribution in [2.45, 2.75) is 38.1 Å². The summed E-state index contributed by atoms with van der Waals surface area (Å²) in [6.45, 7) is 4.47. The highest BCUT2D eigenvalue weighted by molar-refractivity contribution is 7.98. The molecule has 0 unspecified atom stereocenters. The third-order valence-electron chi connectivity index (χ3n) is 3.69. The molecule has 1 aromatic carbocycles. The van der Waals surface area contributed by atoms with Gasteiger partial charge in [-0.3, -0.25) is 0 Å². The summed E-state index contributed by atoms with van der Waals surface area (Å²) in [7, 11) is 1.93. The molecule has 2 N–H and O–H groups in total. The largest absolute Gasteiger partial charge is 0.489 e. The molecule has 0 aliphatic heterocycles. The molecule has 0 bridgehead atoms. The van der Waals surface area contributed by atoms with Gasteiger partial charge in [-0.1, -0.05) is 30.8 Å². The van der Waals surface area contributed by atoms with Gasteiger partial charge in [0, 0.05) is 7.05 Å². The molecule has 6 nitrogen and oxygen atoms in total. The number of ether oxygens (including phenoxy) is 1. The first-order valence-corrected chi connectivity index (χ1v) is 9.12. The number of aromatic nitrogens is 2. The van der Waals surface area contributed by atoms with Crippen molar-refractivity contribution in [3.05, 3.63) is 36.2 Å². The Labute approximate surface area is 147 Å². The van der Waals surface area contributed by atoms with E-state index < -0.39 is 0 Å². The molecule has 1 heterocycles. The van der Waals surface area contributed by atoms with Crippen molar-refractivity contribution in [3.8, 4) is 5.75 Å². The quantitative estimate of drug-likeness (QED) is 0.750. The summed E-state index contributed by atoms with van der Waals surface area (Å²) in [6.07, 6.45) is 4.74. The molecule has 0 aliphatic carbocycles. The Morgan fingerprint density at radius 3 is 2.83 bits per heavy atom. The lowest BCUT2D eigenvalue weighted by atomic mass is 10.2. The van der Waals surface area contributed by atoms with Gasteiger partial charge in [-0.15, -0.1) is 0 Å². The first-order chi connectivity index (χ1) is 11.5. The molecule has 0 saturated heterocycles. The van der Waals surface area contributed by atoms with E-state index >= 15 is 0 Å². The lowest BCUT2D eigenvalue weighted by Gasteiger charge is -2.16. The number of nitrogens with one attached hydrogen (secondary N) is 2. The van der Waals surface area contributed by atoms with Gasteiger partial charge in [0.25, 0.3) is 0 Å². The standard InChI is InChI=1S/C17H24N4O2S/c1-5-12(2)23-15-9-7-6-8-14(15)20-16(22)18-10-13-11-19-17(24-4)21(13)3/h6-9,11-12H,5,10H2,1-4H3,(H2,18,20,22)/t12-/m1/s1. The Morgan fingerprint density at radius 2 is 2.17 bits per heavy atom. The molecular formula is C17H24N4O2S. The fraction of sp³-hybridized carbons (Fsp3) is 0.412. The van der Waals surface area contributed by atoms with Gasteiger partial charge in [0.05, 0.1) is 30.2 Å². The zero-order chi connectivity index (χ0) is 17.5. The van der Waals surface area contributed by atoms with Gasteiger partial charge in [0.2, 0.25) is 0 Å². The summed E-state index contributed by atoms with van der Waals surface area (Å²) in [4.78, 5) is 16.5. The molecule has 130 valence electrons. The van der Waals surface area contributed by atoms with Gasteiger partial charge < -0.3 is 19.9 Å². The normalized spacial score (nSPS) is 11.8. The maximum atomic E-state index is 12.2. The second kappa shape index (κ2) is 8.63. The second-order valence-corrected chi connectivity index (χ2v) is 6.21. The molecule has 2 aromatic rings. The molecule has 0 spiro atoms. The van der Waals surface area contributed by atoms with Crippen LogP contribution in [0.4, 0.5) is 10.5 Å². The summed E-state index contributed by atoms with van der Waals surface area (Å²) in [6, 6.07) is 7.16. The number of benzene rings is 1. The average molecular weight is 348 g/mol. The predicted octanol–water partition coefficient (Wildman–Crippen LogP) is 3.64. The number of hydrogen-bond donors (Lipinski definition) is 2. The molecule has 7 heteroatoms. The third-order valence-corrected chi connectivity index (χ3v) is 4.44. The Morgan fingerprint density at radius 1 is 1.42 bits per heavy atom. The molecule has 0 saturated carbocycles. The van der Waals surface area contributed by atoms with Gasteiger partial charge >= 0.3 is 6.03 Å². The number of imidazole rings is 1. The van der Waals surface area contributed by atoms with Crippen molar-refractivity contribution in [2.75, 3.05) is 11.6 Å². The fourth-order valence-corrected chi connectivity index (χ4v) is 2.64. The van der Waals surface area contributed by atoms with E-state index in [2.05, 4.69) is 22.5 Å². The lowest BCUT2D eigenvalue weighted by Crippen LogP contribution is -2.29. The van der Waals surface area contributed by atoms with Crippen molar-refractivity contribution >= 4 is 23.5 Å². The number of urea groups is 1. The summed E-state index contributed by atoms with van der Waals surface area (Å²) < 4.78 is 7.80. The van der Waals surface area contributed by atoms with Crippen LogP contribution in [0.3, 0.4) is 0 Å². The van der Waals surface area contributed by atoms with Gasteiger partial charge in [-0.25, -0.2) is 9.78 Å². The highest BCUT2D eigenvalue weighted by Crippen LogP contribution is 2.25. The molecule has 0 aliphatic rings. The molecule has 0 radical (unpaired) electrons. The SMILES string of the molecule is CC[C@@H](C)Oc1ccccc1NC(=O)NCc1cnc(SC)n1C. The van der Waals surface area contributed by atoms with E-state index in [1.54, 1.807) is 18.0 Å². The molecule has 2 amide bonds. The van der Waals surface area contributed by atoms with E-state index in [4.69, 9.17) is 4.74 Å². The number of anilines is 1. The highest BCUT2D eigenvalue weighted by atomic mass is 32.2. The van der Waals surface area contributed by atoms with E-state index in [0.717, 1.165) is 17.3 Å². The van der Waals surface area contributed by atoms with Crippen LogP contribution in [0.15, 0.2) is 35.6 Å². The maximum Gasteiger partial charge on any atom is 0.319 e. The number of rotatable bonds is 7. The minimum atomic E-state index is -0.276. The molecular weight excluding hydrogens is 324 g/mol. The topological polar surface area (TPSA) is 68.2 Å². The zero-order valence-corrected chi connectivity index (χ0v) is 15.3. The van der Waals surface area contributed by atoms with Gasteiger partial charge in [0.15, 0.2) is 5.16 Å². The molecule has 1 atom stereocenters. The first kappa shape index (κ1) is 18.2. The zero-order valence-electron chi connectivity index (χ0n) is 14.5. The van der Waals surface area contributed by atoms with Crippen LogP contribution in [-0.4, -0.2) is 27.9 Å². The van der Waals surface area contributed by atoms with E-state index in [1.165, 1.54) is 0 Å². The Hall–Kier alpha value is -2.15. The maximum absolute atomic E-state index is 12.2. The number of carbonyl (C=O) groups is 1. The third kappa shape index (κ3) is 4.67. The van der Waals surface area contributed by atoms with Crippen molar-refractivity contribution < 1.29 is 9.53 Å². The minimum absolute atomic E-state index is 0.0930. The van der Waals surface area contributed by atoms with Crippen LogP contribution < -0.4 is 15.4 Å². The van der Waals surface area contributed by atoms with Crippen molar-refractivity contribution in [1.82, 2.24) is 14.9 Å². The Bertz CT molecular complexity index is 687. The van der Waals surface area contributed by atoms with Gasteiger partial charge in [-0.05, 0) is 31.7 Å². The number of hydrogen-bond acceptors (Lipinski definition) is 4. The first-order valence-electron chi connectivity index (χ1n) is 7.90.